The number of halogens is 5. The van der Waals surface area contributed by atoms with Crippen molar-refractivity contribution >= 4 is 21.4 Å². The van der Waals surface area contributed by atoms with E-state index < -0.39 is 34.0 Å². The van der Waals surface area contributed by atoms with E-state index in [0.29, 0.717) is 5.56 Å². The van der Waals surface area contributed by atoms with E-state index in [4.69, 9.17) is 16.3 Å². The average molecular weight is 541 g/mol. The van der Waals surface area contributed by atoms with Crippen molar-refractivity contribution in [3.63, 3.8) is 0 Å². The van der Waals surface area contributed by atoms with Gasteiger partial charge >= 0.3 is 6.18 Å². The van der Waals surface area contributed by atoms with Gasteiger partial charge in [-0.2, -0.15) is 18.4 Å². The maximum absolute atomic E-state index is 13.9. The van der Waals surface area contributed by atoms with Crippen LogP contribution in [0.5, 0.6) is 11.5 Å². The number of ether oxygens (including phenoxy) is 1. The lowest BCUT2D eigenvalue weighted by Gasteiger charge is -2.14. The van der Waals surface area contributed by atoms with Crippen LogP contribution in [0.1, 0.15) is 22.5 Å². The Balaban J connectivity index is 1.60. The van der Waals surface area contributed by atoms with Gasteiger partial charge in [-0.15, -0.1) is 10.2 Å². The monoisotopic (exact) mass is 540 g/mol. The molecule has 13 heteroatoms. The van der Waals surface area contributed by atoms with E-state index >= 15 is 0 Å². The van der Waals surface area contributed by atoms with Crippen molar-refractivity contribution in [2.24, 2.45) is 0 Å². The zero-order chi connectivity index (χ0) is 25.9. The van der Waals surface area contributed by atoms with Gasteiger partial charge in [0.2, 0.25) is 0 Å². The Morgan fingerprint density at radius 2 is 1.75 bits per heavy atom. The summed E-state index contributed by atoms with van der Waals surface area (Å²) in [5, 5.41) is 13.2. The number of H-pyrrole nitrogens is 1. The lowest BCUT2D eigenvalue weighted by molar-refractivity contribution is -0.127. The zero-order valence-electron chi connectivity index (χ0n) is 18.3. The molecule has 1 heterocycles. The molecule has 0 saturated carbocycles. The molecule has 7 nitrogen and oxygen atoms in total. The molecule has 4 aromatic rings. The molecule has 0 aliphatic carbocycles. The molecule has 1 N–H and O–H groups in total. The van der Waals surface area contributed by atoms with Gasteiger partial charge in [-0.05, 0) is 47.5 Å². The summed E-state index contributed by atoms with van der Waals surface area (Å²) in [5.74, 6) is -0.875. The first-order valence-corrected chi connectivity index (χ1v) is 12.4. The standard InChI is InChI=1S/C23H17ClF4N4O3S/c24-19-11-18(36(33,34)13-16-3-1-2-4-20(16)25)5-6-21(19)35-17-8-14(10-22-29-31-32-30-22)7-15(9-17)12-23(26,27)28/h1-9,11H,10,12-13H2,(H,29,30,31,32). The minimum atomic E-state index is -4.45. The van der Waals surface area contributed by atoms with Crippen molar-refractivity contribution in [1.82, 2.24) is 20.6 Å². The summed E-state index contributed by atoms with van der Waals surface area (Å²) >= 11 is 6.24. The third-order valence-corrected chi connectivity index (χ3v) is 6.93. The summed E-state index contributed by atoms with van der Waals surface area (Å²) in [5.41, 5.74) is 0.386. The van der Waals surface area contributed by atoms with Crippen LogP contribution in [0.3, 0.4) is 0 Å². The molecule has 1 aromatic heterocycles. The first-order valence-electron chi connectivity index (χ1n) is 10.3. The van der Waals surface area contributed by atoms with Crippen LogP contribution in [-0.2, 0) is 28.4 Å². The van der Waals surface area contributed by atoms with Gasteiger partial charge in [0.05, 0.1) is 22.1 Å². The van der Waals surface area contributed by atoms with Gasteiger partial charge in [0.1, 0.15) is 17.3 Å². The molecule has 0 radical (unpaired) electrons. The molecule has 0 amide bonds. The molecule has 0 spiro atoms. The maximum atomic E-state index is 13.9. The first-order chi connectivity index (χ1) is 17.0. The molecule has 0 bridgehead atoms. The number of nitrogens with zero attached hydrogens (tertiary/aromatic N) is 3. The van der Waals surface area contributed by atoms with Crippen molar-refractivity contribution in [3.8, 4) is 11.5 Å². The van der Waals surface area contributed by atoms with Gasteiger partial charge in [-0.1, -0.05) is 41.1 Å². The Morgan fingerprint density at radius 3 is 2.42 bits per heavy atom. The summed E-state index contributed by atoms with van der Waals surface area (Å²) in [4.78, 5) is -0.160. The van der Waals surface area contributed by atoms with Gasteiger partial charge in [-0.3, -0.25) is 0 Å². The SMILES string of the molecule is O=S(=O)(Cc1ccccc1F)c1ccc(Oc2cc(Cc3nn[nH]n3)cc(CC(F)(F)F)c2)c(Cl)c1. The summed E-state index contributed by atoms with van der Waals surface area (Å²) in [6.07, 6.45) is -5.54. The first kappa shape index (κ1) is 25.6. The summed E-state index contributed by atoms with van der Waals surface area (Å²) < 4.78 is 84.2. The van der Waals surface area contributed by atoms with Crippen molar-refractivity contribution in [2.75, 3.05) is 0 Å². The summed E-state index contributed by atoms with van der Waals surface area (Å²) in [6, 6.07) is 13.2. The normalized spacial score (nSPS) is 12.0. The molecule has 0 aliphatic rings. The second-order valence-electron chi connectivity index (χ2n) is 7.83. The largest absolute Gasteiger partial charge is 0.456 e. The van der Waals surface area contributed by atoms with Crippen LogP contribution in [0.2, 0.25) is 5.02 Å². The van der Waals surface area contributed by atoms with Crippen molar-refractivity contribution in [3.05, 3.63) is 94.0 Å². The van der Waals surface area contributed by atoms with E-state index in [1.165, 1.54) is 48.5 Å². The van der Waals surface area contributed by atoms with E-state index in [2.05, 4.69) is 20.6 Å². The Labute approximate surface area is 208 Å². The van der Waals surface area contributed by atoms with Gasteiger partial charge < -0.3 is 4.74 Å². The topological polar surface area (TPSA) is 97.8 Å². The predicted molar refractivity (Wildman–Crippen MR) is 122 cm³/mol. The molecule has 188 valence electrons. The van der Waals surface area contributed by atoms with Crippen LogP contribution in [-0.4, -0.2) is 35.2 Å². The Bertz CT molecular complexity index is 1480. The number of hydrogen-bond acceptors (Lipinski definition) is 6. The van der Waals surface area contributed by atoms with Crippen LogP contribution in [0.25, 0.3) is 0 Å². The summed E-state index contributed by atoms with van der Waals surface area (Å²) in [6.45, 7) is 0. The number of hydrogen-bond donors (Lipinski definition) is 1. The lowest BCUT2D eigenvalue weighted by Crippen LogP contribution is -2.12. The Kier molecular flexibility index (Phi) is 7.27. The molecule has 0 aliphatic heterocycles. The second-order valence-corrected chi connectivity index (χ2v) is 10.2. The third kappa shape index (κ3) is 6.58. The van der Waals surface area contributed by atoms with E-state index in [1.54, 1.807) is 0 Å². The minimum absolute atomic E-state index is 0.00422. The number of nitrogens with one attached hydrogen (secondary N) is 1. The number of aromatic amines is 1. The van der Waals surface area contributed by atoms with E-state index in [9.17, 15) is 26.0 Å². The summed E-state index contributed by atoms with van der Waals surface area (Å²) in [7, 11) is -3.94. The van der Waals surface area contributed by atoms with Crippen molar-refractivity contribution in [1.29, 1.82) is 0 Å². The highest BCUT2D eigenvalue weighted by molar-refractivity contribution is 7.90. The van der Waals surface area contributed by atoms with E-state index in [0.717, 1.165) is 12.1 Å². The van der Waals surface area contributed by atoms with Crippen molar-refractivity contribution < 1.29 is 30.7 Å². The van der Waals surface area contributed by atoms with Crippen LogP contribution >= 0.6 is 11.6 Å². The molecule has 0 atom stereocenters. The molecular weight excluding hydrogens is 524 g/mol. The van der Waals surface area contributed by atoms with Crippen LogP contribution in [0.15, 0.2) is 65.6 Å². The van der Waals surface area contributed by atoms with Gasteiger partial charge in [0.25, 0.3) is 0 Å². The Hall–Kier alpha value is -3.51. The molecule has 0 fully saturated rings. The molecule has 0 saturated heterocycles. The fourth-order valence-electron chi connectivity index (χ4n) is 3.45. The highest BCUT2D eigenvalue weighted by Crippen LogP contribution is 2.34. The van der Waals surface area contributed by atoms with E-state index in [-0.39, 0.29) is 44.8 Å². The minimum Gasteiger partial charge on any atom is -0.456 e. The molecular formula is C23H17ClF4N4O3S. The van der Waals surface area contributed by atoms with E-state index in [1.807, 2.05) is 0 Å². The lowest BCUT2D eigenvalue weighted by atomic mass is 10.0. The average Bonchev–Trinajstić information content (AvgIpc) is 3.28. The second kappa shape index (κ2) is 10.2. The molecule has 4 rings (SSSR count). The van der Waals surface area contributed by atoms with Crippen molar-refractivity contribution in [2.45, 2.75) is 29.7 Å². The smallest absolute Gasteiger partial charge is 0.393 e. The highest BCUT2D eigenvalue weighted by atomic mass is 35.5. The zero-order valence-corrected chi connectivity index (χ0v) is 19.8. The van der Waals surface area contributed by atoms with Crippen LogP contribution < -0.4 is 4.74 Å². The van der Waals surface area contributed by atoms with Crippen LogP contribution in [0.4, 0.5) is 17.6 Å². The van der Waals surface area contributed by atoms with Gasteiger partial charge in [-0.25, -0.2) is 12.8 Å². The molecule has 36 heavy (non-hydrogen) atoms. The highest BCUT2D eigenvalue weighted by Gasteiger charge is 2.28. The van der Waals surface area contributed by atoms with Crippen LogP contribution in [0, 0.1) is 5.82 Å². The number of sulfone groups is 1. The molecule has 0 unspecified atom stereocenters. The van der Waals surface area contributed by atoms with Gasteiger partial charge in [0.15, 0.2) is 15.7 Å². The number of benzene rings is 3. The fraction of sp³-hybridized carbons (Fsp3) is 0.174. The third-order valence-electron chi connectivity index (χ3n) is 4.98. The number of tetrazole rings is 1. The number of rotatable bonds is 8. The molecule has 3 aromatic carbocycles. The number of aromatic nitrogens is 4. The fourth-order valence-corrected chi connectivity index (χ4v) is 5.12. The quantitative estimate of drug-likeness (QED) is 0.298. The maximum Gasteiger partial charge on any atom is 0.393 e. The number of alkyl halides is 3. The van der Waals surface area contributed by atoms with Gasteiger partial charge in [0, 0.05) is 12.0 Å². The Morgan fingerprint density at radius 1 is 1.00 bits per heavy atom. The predicted octanol–water partition coefficient (Wildman–Crippen LogP) is 5.45.